The lowest BCUT2D eigenvalue weighted by Crippen LogP contribution is -2.04. The lowest BCUT2D eigenvalue weighted by Gasteiger charge is -2.08. The Morgan fingerprint density at radius 2 is 2.00 bits per heavy atom. The minimum atomic E-state index is -4.42. The van der Waals surface area contributed by atoms with Crippen molar-refractivity contribution in [2.45, 2.75) is 6.18 Å². The number of benzene rings is 1. The van der Waals surface area contributed by atoms with E-state index in [2.05, 4.69) is 9.97 Å². The molecule has 0 amide bonds. The van der Waals surface area contributed by atoms with Gasteiger partial charge in [0.2, 0.25) is 0 Å². The fraction of sp³-hybridized carbons (Fsp3) is 0.0833. The fourth-order valence-electron chi connectivity index (χ4n) is 1.49. The third-order valence-electron chi connectivity index (χ3n) is 2.32. The Morgan fingerprint density at radius 3 is 2.67 bits per heavy atom. The van der Waals surface area contributed by atoms with Gasteiger partial charge in [-0.15, -0.1) is 0 Å². The lowest BCUT2D eigenvalue weighted by atomic mass is 10.0. The molecule has 1 aromatic carbocycles. The first-order valence-electron chi connectivity index (χ1n) is 4.90. The summed E-state index contributed by atoms with van der Waals surface area (Å²) in [6.45, 7) is 0. The summed E-state index contributed by atoms with van der Waals surface area (Å²) in [4.78, 5) is 7.43. The molecule has 18 heavy (non-hydrogen) atoms. The molecule has 0 unspecified atom stereocenters. The standard InChI is InChI=1S/C12H6F3N3/c13-12(14,15)9-3-1-2-8(4-9)10-6-17-7-18-11(10)5-16/h1-4,6-7H. The zero-order valence-corrected chi connectivity index (χ0v) is 8.94. The Morgan fingerprint density at radius 1 is 1.22 bits per heavy atom. The molecule has 0 fully saturated rings. The highest BCUT2D eigenvalue weighted by Gasteiger charge is 2.30. The second-order valence-electron chi connectivity index (χ2n) is 3.48. The Balaban J connectivity index is 2.56. The van der Waals surface area contributed by atoms with Crippen LogP contribution < -0.4 is 0 Å². The van der Waals surface area contributed by atoms with Gasteiger partial charge in [0.05, 0.1) is 5.56 Å². The molecule has 2 rings (SSSR count). The molecule has 1 aromatic heterocycles. The molecule has 0 saturated carbocycles. The molecular formula is C12H6F3N3. The van der Waals surface area contributed by atoms with Crippen LogP contribution in [0.2, 0.25) is 0 Å². The molecule has 0 saturated heterocycles. The first-order valence-corrected chi connectivity index (χ1v) is 4.90. The van der Waals surface area contributed by atoms with E-state index in [0.29, 0.717) is 0 Å². The largest absolute Gasteiger partial charge is 0.416 e. The third-order valence-corrected chi connectivity index (χ3v) is 2.32. The highest BCUT2D eigenvalue weighted by atomic mass is 19.4. The minimum Gasteiger partial charge on any atom is -0.244 e. The lowest BCUT2D eigenvalue weighted by molar-refractivity contribution is -0.137. The Bertz CT molecular complexity index is 614. The van der Waals surface area contributed by atoms with Crippen LogP contribution in [0.15, 0.2) is 36.8 Å². The molecule has 6 heteroatoms. The van der Waals surface area contributed by atoms with Crippen molar-refractivity contribution in [3.8, 4) is 17.2 Å². The van der Waals surface area contributed by atoms with Crippen molar-refractivity contribution in [2.24, 2.45) is 0 Å². The summed E-state index contributed by atoms with van der Waals surface area (Å²) < 4.78 is 37.7. The first kappa shape index (κ1) is 12.0. The zero-order chi connectivity index (χ0) is 13.2. The Kier molecular flexibility index (Phi) is 2.98. The van der Waals surface area contributed by atoms with Crippen molar-refractivity contribution >= 4 is 0 Å². The quantitative estimate of drug-likeness (QED) is 0.780. The van der Waals surface area contributed by atoms with Gasteiger partial charge in [-0.1, -0.05) is 12.1 Å². The van der Waals surface area contributed by atoms with Gasteiger partial charge < -0.3 is 0 Å². The normalized spacial score (nSPS) is 11.0. The predicted molar refractivity (Wildman–Crippen MR) is 57.2 cm³/mol. The van der Waals surface area contributed by atoms with Crippen LogP contribution in [0.4, 0.5) is 13.2 Å². The van der Waals surface area contributed by atoms with Crippen LogP contribution in [0, 0.1) is 11.3 Å². The van der Waals surface area contributed by atoms with Crippen LogP contribution in [0.3, 0.4) is 0 Å². The van der Waals surface area contributed by atoms with E-state index in [0.717, 1.165) is 12.1 Å². The molecule has 1 heterocycles. The van der Waals surface area contributed by atoms with Gasteiger partial charge in [-0.2, -0.15) is 18.4 Å². The monoisotopic (exact) mass is 249 g/mol. The molecule has 0 aliphatic carbocycles. The van der Waals surface area contributed by atoms with Crippen molar-refractivity contribution in [1.29, 1.82) is 5.26 Å². The molecule has 90 valence electrons. The van der Waals surface area contributed by atoms with Gasteiger partial charge in [0.1, 0.15) is 12.4 Å². The van der Waals surface area contributed by atoms with Gasteiger partial charge >= 0.3 is 6.18 Å². The van der Waals surface area contributed by atoms with Gasteiger partial charge in [-0.05, 0) is 17.7 Å². The highest BCUT2D eigenvalue weighted by molar-refractivity contribution is 5.68. The number of rotatable bonds is 1. The zero-order valence-electron chi connectivity index (χ0n) is 8.94. The average Bonchev–Trinajstić information content (AvgIpc) is 2.38. The summed E-state index contributed by atoms with van der Waals surface area (Å²) in [5.41, 5.74) is -0.176. The number of halogens is 3. The van der Waals surface area contributed by atoms with Crippen LogP contribution in [-0.4, -0.2) is 9.97 Å². The van der Waals surface area contributed by atoms with Gasteiger partial charge in [-0.3, -0.25) is 0 Å². The average molecular weight is 249 g/mol. The number of nitriles is 1. The molecule has 0 atom stereocenters. The van der Waals surface area contributed by atoms with Crippen LogP contribution in [0.1, 0.15) is 11.3 Å². The maximum Gasteiger partial charge on any atom is 0.416 e. The van der Waals surface area contributed by atoms with Crippen LogP contribution in [-0.2, 0) is 6.18 Å². The van der Waals surface area contributed by atoms with E-state index in [4.69, 9.17) is 5.26 Å². The predicted octanol–water partition coefficient (Wildman–Crippen LogP) is 3.03. The maximum atomic E-state index is 12.6. The van der Waals surface area contributed by atoms with Gasteiger partial charge in [0.25, 0.3) is 0 Å². The smallest absolute Gasteiger partial charge is 0.244 e. The second kappa shape index (κ2) is 4.45. The van der Waals surface area contributed by atoms with Crippen molar-refractivity contribution in [3.05, 3.63) is 48.0 Å². The van der Waals surface area contributed by atoms with Crippen molar-refractivity contribution in [3.63, 3.8) is 0 Å². The van der Waals surface area contributed by atoms with E-state index in [1.54, 1.807) is 0 Å². The fourth-order valence-corrected chi connectivity index (χ4v) is 1.49. The molecule has 3 nitrogen and oxygen atoms in total. The highest BCUT2D eigenvalue weighted by Crippen LogP contribution is 2.32. The summed E-state index contributed by atoms with van der Waals surface area (Å²) in [5, 5.41) is 8.85. The Labute approximate surface area is 101 Å². The molecule has 0 spiro atoms. The van der Waals surface area contributed by atoms with Crippen LogP contribution in [0.25, 0.3) is 11.1 Å². The van der Waals surface area contributed by atoms with E-state index < -0.39 is 11.7 Å². The summed E-state index contributed by atoms with van der Waals surface area (Å²) in [7, 11) is 0. The molecule has 0 aliphatic heterocycles. The molecule has 2 aromatic rings. The molecule has 0 bridgehead atoms. The van der Waals surface area contributed by atoms with Gasteiger partial charge in [0.15, 0.2) is 5.69 Å². The van der Waals surface area contributed by atoms with Gasteiger partial charge in [-0.25, -0.2) is 9.97 Å². The SMILES string of the molecule is N#Cc1ncncc1-c1cccc(C(F)(F)F)c1. The maximum absolute atomic E-state index is 12.6. The van der Waals surface area contributed by atoms with Crippen LogP contribution in [0.5, 0.6) is 0 Å². The van der Waals surface area contributed by atoms with Crippen molar-refractivity contribution in [1.82, 2.24) is 9.97 Å². The number of alkyl halides is 3. The van der Waals surface area contributed by atoms with Crippen molar-refractivity contribution < 1.29 is 13.2 Å². The Hall–Kier alpha value is -2.42. The summed E-state index contributed by atoms with van der Waals surface area (Å²) in [6.07, 6.45) is -1.92. The van der Waals surface area contributed by atoms with Crippen molar-refractivity contribution in [2.75, 3.05) is 0 Å². The molecule has 0 N–H and O–H groups in total. The number of hydrogen-bond donors (Lipinski definition) is 0. The number of aromatic nitrogens is 2. The topological polar surface area (TPSA) is 49.6 Å². The van der Waals surface area contributed by atoms with E-state index in [-0.39, 0.29) is 16.8 Å². The van der Waals surface area contributed by atoms with E-state index in [1.165, 1.54) is 24.7 Å². The van der Waals surface area contributed by atoms with Crippen LogP contribution >= 0.6 is 0 Å². The summed E-state index contributed by atoms with van der Waals surface area (Å²) >= 11 is 0. The molecule has 0 radical (unpaired) electrons. The summed E-state index contributed by atoms with van der Waals surface area (Å²) in [6, 6.07) is 6.53. The third kappa shape index (κ3) is 2.30. The minimum absolute atomic E-state index is 0.0457. The molecule has 0 aliphatic rings. The van der Waals surface area contributed by atoms with E-state index >= 15 is 0 Å². The van der Waals surface area contributed by atoms with E-state index in [1.807, 2.05) is 6.07 Å². The van der Waals surface area contributed by atoms with Gasteiger partial charge in [0, 0.05) is 11.8 Å². The number of hydrogen-bond acceptors (Lipinski definition) is 3. The van der Waals surface area contributed by atoms with E-state index in [9.17, 15) is 13.2 Å². The summed E-state index contributed by atoms with van der Waals surface area (Å²) in [5.74, 6) is 0. The second-order valence-corrected chi connectivity index (χ2v) is 3.48. The number of nitrogens with zero attached hydrogens (tertiary/aromatic N) is 3. The molecular weight excluding hydrogens is 243 g/mol. The first-order chi connectivity index (χ1) is 8.52.